The maximum Gasteiger partial charge on any atom is 0.222 e. The number of carbonyl (C=O) groups is 1. The van der Waals surface area contributed by atoms with Crippen molar-refractivity contribution in [1.29, 1.82) is 0 Å². The van der Waals surface area contributed by atoms with Crippen LogP contribution >= 0.6 is 11.6 Å². The van der Waals surface area contributed by atoms with Crippen molar-refractivity contribution in [2.24, 2.45) is 27.8 Å². The molecular formula is C24H37ClN4O. The predicted octanol–water partition coefficient (Wildman–Crippen LogP) is 4.52. The maximum absolute atomic E-state index is 12.8. The van der Waals surface area contributed by atoms with Crippen LogP contribution in [0.4, 0.5) is 0 Å². The van der Waals surface area contributed by atoms with E-state index in [2.05, 4.69) is 9.89 Å². The van der Waals surface area contributed by atoms with Gasteiger partial charge in [0, 0.05) is 31.1 Å². The van der Waals surface area contributed by atoms with Crippen LogP contribution in [0, 0.1) is 11.3 Å². The van der Waals surface area contributed by atoms with Crippen molar-refractivity contribution in [3.8, 4) is 0 Å². The normalized spacial score (nSPS) is 19.4. The Bertz CT molecular complexity index is 700. The number of hydrogen-bond donors (Lipinski definition) is 2. The van der Waals surface area contributed by atoms with Crippen molar-refractivity contribution in [2.75, 3.05) is 19.6 Å². The number of aliphatic imine (C=N–C) groups is 1. The Morgan fingerprint density at radius 1 is 1.10 bits per heavy atom. The quantitative estimate of drug-likeness (QED) is 0.360. The predicted molar refractivity (Wildman–Crippen MR) is 125 cm³/mol. The number of piperidine rings is 1. The van der Waals surface area contributed by atoms with Crippen molar-refractivity contribution in [3.05, 3.63) is 34.9 Å². The Morgan fingerprint density at radius 2 is 1.77 bits per heavy atom. The van der Waals surface area contributed by atoms with Crippen molar-refractivity contribution in [2.45, 2.75) is 70.6 Å². The second kappa shape index (κ2) is 11.0. The molecular weight excluding hydrogens is 396 g/mol. The molecule has 166 valence electrons. The summed E-state index contributed by atoms with van der Waals surface area (Å²) in [6.07, 6.45) is 12.5. The van der Waals surface area contributed by atoms with Crippen LogP contribution in [0.25, 0.3) is 0 Å². The molecule has 1 saturated heterocycles. The van der Waals surface area contributed by atoms with Crippen LogP contribution in [0.15, 0.2) is 29.3 Å². The number of rotatable bonds is 8. The molecule has 1 amide bonds. The highest BCUT2D eigenvalue weighted by Crippen LogP contribution is 2.48. The molecule has 0 bridgehead atoms. The Labute approximate surface area is 186 Å². The summed E-state index contributed by atoms with van der Waals surface area (Å²) in [6, 6.07) is 7.80. The van der Waals surface area contributed by atoms with Crippen molar-refractivity contribution in [3.63, 3.8) is 0 Å². The molecule has 1 heterocycles. The highest BCUT2D eigenvalue weighted by molar-refractivity contribution is 6.30. The van der Waals surface area contributed by atoms with Crippen molar-refractivity contribution in [1.82, 2.24) is 4.90 Å². The molecule has 1 aromatic rings. The standard InChI is InChI=1S/C24H37ClN4O/c25-21-10-7-19(8-11-21)9-12-22(30)29-17-14-24(15-18-29,13-4-16-28-23(26)27)20-5-2-1-3-6-20/h7-8,10-11,20H,1-6,9,12-18H2,(H4,26,27,28). The van der Waals surface area contributed by atoms with Crippen molar-refractivity contribution < 1.29 is 4.79 Å². The Balaban J connectivity index is 1.54. The fourth-order valence-corrected chi connectivity index (χ4v) is 5.60. The third-order valence-corrected chi connectivity index (χ3v) is 7.50. The first-order chi connectivity index (χ1) is 14.5. The zero-order chi connectivity index (χ0) is 21.4. The number of benzene rings is 1. The number of guanidine groups is 1. The van der Waals surface area contributed by atoms with Gasteiger partial charge in [-0.05, 0) is 74.0 Å². The third kappa shape index (κ3) is 6.37. The molecule has 30 heavy (non-hydrogen) atoms. The Hall–Kier alpha value is -1.75. The summed E-state index contributed by atoms with van der Waals surface area (Å²) >= 11 is 5.95. The molecule has 0 spiro atoms. The molecule has 4 N–H and O–H groups in total. The number of nitrogens with zero attached hydrogens (tertiary/aromatic N) is 2. The van der Waals surface area contributed by atoms with Crippen LogP contribution < -0.4 is 11.5 Å². The molecule has 0 aromatic heterocycles. The van der Waals surface area contributed by atoms with Gasteiger partial charge in [-0.25, -0.2) is 0 Å². The topological polar surface area (TPSA) is 84.7 Å². The molecule has 2 aliphatic rings. The third-order valence-electron chi connectivity index (χ3n) is 7.25. The van der Waals surface area contributed by atoms with Crippen LogP contribution in [-0.2, 0) is 11.2 Å². The average molecular weight is 433 g/mol. The SMILES string of the molecule is NC(N)=NCCCC1(C2CCCCC2)CCN(C(=O)CCc2ccc(Cl)cc2)CC1. The van der Waals surface area contributed by atoms with E-state index in [-0.39, 0.29) is 11.9 Å². The molecule has 3 rings (SSSR count). The van der Waals surface area contributed by atoms with Gasteiger partial charge in [0.1, 0.15) is 0 Å². The first-order valence-electron chi connectivity index (χ1n) is 11.6. The molecule has 1 aliphatic carbocycles. The fraction of sp³-hybridized carbons (Fsp3) is 0.667. The molecule has 1 aliphatic heterocycles. The number of carbonyl (C=O) groups excluding carboxylic acids is 1. The number of nitrogens with two attached hydrogens (primary N) is 2. The van der Waals surface area contributed by atoms with Gasteiger partial charge in [-0.3, -0.25) is 9.79 Å². The zero-order valence-electron chi connectivity index (χ0n) is 18.1. The Kier molecular flexibility index (Phi) is 8.43. The Morgan fingerprint density at radius 3 is 2.40 bits per heavy atom. The van der Waals surface area contributed by atoms with E-state index in [1.807, 2.05) is 24.3 Å². The second-order valence-corrected chi connectivity index (χ2v) is 9.55. The summed E-state index contributed by atoms with van der Waals surface area (Å²) in [5.41, 5.74) is 12.5. The molecule has 1 saturated carbocycles. The van der Waals surface area contributed by atoms with Gasteiger partial charge in [-0.15, -0.1) is 0 Å². The zero-order valence-corrected chi connectivity index (χ0v) is 18.9. The minimum atomic E-state index is 0.183. The molecule has 6 heteroatoms. The largest absolute Gasteiger partial charge is 0.370 e. The lowest BCUT2D eigenvalue weighted by atomic mass is 9.61. The van der Waals surface area contributed by atoms with Crippen LogP contribution in [0.2, 0.25) is 5.02 Å². The number of halogens is 1. The molecule has 5 nitrogen and oxygen atoms in total. The van der Waals surface area contributed by atoms with E-state index in [1.54, 1.807) is 0 Å². The van der Waals surface area contributed by atoms with Gasteiger partial charge in [-0.2, -0.15) is 0 Å². The molecule has 0 unspecified atom stereocenters. The first-order valence-corrected chi connectivity index (χ1v) is 11.9. The first kappa shape index (κ1) is 22.9. The monoisotopic (exact) mass is 432 g/mol. The van der Waals surface area contributed by atoms with Crippen LogP contribution in [0.5, 0.6) is 0 Å². The highest BCUT2D eigenvalue weighted by Gasteiger charge is 2.41. The van der Waals surface area contributed by atoms with Gasteiger partial charge >= 0.3 is 0 Å². The average Bonchev–Trinajstić information content (AvgIpc) is 2.77. The van der Waals surface area contributed by atoms with Gasteiger partial charge in [0.2, 0.25) is 5.91 Å². The van der Waals surface area contributed by atoms with E-state index in [9.17, 15) is 4.79 Å². The minimum absolute atomic E-state index is 0.183. The van der Waals surface area contributed by atoms with E-state index >= 15 is 0 Å². The number of likely N-dealkylation sites (tertiary alicyclic amines) is 1. The number of amides is 1. The van der Waals surface area contributed by atoms with Crippen molar-refractivity contribution >= 4 is 23.5 Å². The van der Waals surface area contributed by atoms with E-state index in [0.717, 1.165) is 49.7 Å². The van der Waals surface area contributed by atoms with Crippen LogP contribution in [-0.4, -0.2) is 36.4 Å². The van der Waals surface area contributed by atoms with Gasteiger partial charge < -0.3 is 16.4 Å². The van der Waals surface area contributed by atoms with Gasteiger partial charge in [0.05, 0.1) is 0 Å². The summed E-state index contributed by atoms with van der Waals surface area (Å²) in [5, 5.41) is 0.736. The number of hydrogen-bond acceptors (Lipinski definition) is 2. The summed E-state index contributed by atoms with van der Waals surface area (Å²) < 4.78 is 0. The summed E-state index contributed by atoms with van der Waals surface area (Å²) in [5.74, 6) is 1.25. The van der Waals surface area contributed by atoms with E-state index < -0.39 is 0 Å². The van der Waals surface area contributed by atoms with Gasteiger partial charge in [0.25, 0.3) is 0 Å². The lowest BCUT2D eigenvalue weighted by Crippen LogP contribution is -2.46. The highest BCUT2D eigenvalue weighted by atomic mass is 35.5. The van der Waals surface area contributed by atoms with E-state index in [4.69, 9.17) is 23.1 Å². The smallest absolute Gasteiger partial charge is 0.222 e. The molecule has 0 radical (unpaired) electrons. The minimum Gasteiger partial charge on any atom is -0.370 e. The lowest BCUT2D eigenvalue weighted by Gasteiger charge is -2.48. The molecule has 1 aromatic carbocycles. The van der Waals surface area contributed by atoms with E-state index in [0.29, 0.717) is 18.4 Å². The summed E-state index contributed by atoms with van der Waals surface area (Å²) in [4.78, 5) is 19.1. The van der Waals surface area contributed by atoms with Crippen LogP contribution in [0.3, 0.4) is 0 Å². The number of aryl methyl sites for hydroxylation is 1. The second-order valence-electron chi connectivity index (χ2n) is 9.11. The van der Waals surface area contributed by atoms with E-state index in [1.165, 1.54) is 44.1 Å². The lowest BCUT2D eigenvalue weighted by molar-refractivity contribution is -0.134. The summed E-state index contributed by atoms with van der Waals surface area (Å²) in [7, 11) is 0. The fourth-order valence-electron chi connectivity index (χ4n) is 5.48. The molecule has 0 atom stereocenters. The van der Waals surface area contributed by atoms with Gasteiger partial charge in [-0.1, -0.05) is 43.0 Å². The van der Waals surface area contributed by atoms with Gasteiger partial charge in [0.15, 0.2) is 5.96 Å². The summed E-state index contributed by atoms with van der Waals surface area (Å²) in [6.45, 7) is 2.48. The molecule has 2 fully saturated rings. The van der Waals surface area contributed by atoms with Crippen LogP contribution in [0.1, 0.15) is 69.8 Å². The maximum atomic E-state index is 12.8.